The molecule has 1 nitrogen and oxygen atoms in total. The molecule has 0 saturated heterocycles. The number of rotatable bonds is 3. The first-order valence-corrected chi connectivity index (χ1v) is 2.18. The van der Waals surface area contributed by atoms with Crippen LogP contribution in [0.25, 0.3) is 0 Å². The summed E-state index contributed by atoms with van der Waals surface area (Å²) in [7, 11) is 0. The van der Waals surface area contributed by atoms with Crippen molar-refractivity contribution in [1.29, 1.82) is 0 Å². The summed E-state index contributed by atoms with van der Waals surface area (Å²) < 4.78 is 11.0. The van der Waals surface area contributed by atoms with E-state index in [1.54, 1.807) is 0 Å². The lowest BCUT2D eigenvalue weighted by Crippen LogP contribution is -2.00. The van der Waals surface area contributed by atoms with Gasteiger partial charge in [-0.25, -0.2) is 0 Å². The molecule has 0 spiro atoms. The van der Waals surface area contributed by atoms with Crippen LogP contribution in [0.1, 0.15) is 12.8 Å². The van der Waals surface area contributed by atoms with Gasteiger partial charge in [-0.1, -0.05) is 0 Å². The third-order valence-corrected chi connectivity index (χ3v) is 0.592. The van der Waals surface area contributed by atoms with Crippen molar-refractivity contribution in [3.63, 3.8) is 0 Å². The summed E-state index contributed by atoms with van der Waals surface area (Å²) in [6, 6.07) is 0. The number of hydrogen-bond donors (Lipinski definition) is 1. The molecule has 0 atom stereocenters. The van der Waals surface area contributed by atoms with Crippen molar-refractivity contribution < 1.29 is 4.48 Å². The van der Waals surface area contributed by atoms with Crippen molar-refractivity contribution >= 4 is 0 Å². The lowest BCUT2D eigenvalue weighted by molar-refractivity contribution is 0.333. The maximum absolute atomic E-state index is 11.0. The second-order valence-corrected chi connectivity index (χ2v) is 1.19. The summed E-state index contributed by atoms with van der Waals surface area (Å²) in [5.74, 6) is 2.40. The normalized spacial score (nSPS) is 8.00. The van der Waals surface area contributed by atoms with E-state index >= 15 is 0 Å². The van der Waals surface area contributed by atoms with Crippen LogP contribution in [0.15, 0.2) is 0 Å². The average molecular weight is 101 g/mol. The van der Waals surface area contributed by atoms with Crippen LogP contribution >= 0.6 is 0 Å². The van der Waals surface area contributed by atoms with Gasteiger partial charge in [0.25, 0.3) is 0 Å². The highest BCUT2D eigenvalue weighted by molar-refractivity contribution is 4.82. The Balaban J connectivity index is 2.60. The van der Waals surface area contributed by atoms with Crippen LogP contribution in [-0.2, 0) is 0 Å². The van der Waals surface area contributed by atoms with Crippen molar-refractivity contribution in [2.75, 3.05) is 6.54 Å². The first kappa shape index (κ1) is 6.45. The number of nitrogens with one attached hydrogen (secondary N) is 1. The maximum atomic E-state index is 11.0. The molecule has 0 saturated carbocycles. The summed E-state index contributed by atoms with van der Waals surface area (Å²) in [6.07, 6.45) is 6.23. The number of unbranched alkanes of at least 4 members (excludes halogenated alkanes) is 1. The Morgan fingerprint density at radius 2 is 2.43 bits per heavy atom. The van der Waals surface area contributed by atoms with Gasteiger partial charge in [-0.05, 0) is 6.42 Å². The number of halogens is 1. The first-order valence-electron chi connectivity index (χ1n) is 2.18. The van der Waals surface area contributed by atoms with Crippen molar-refractivity contribution in [3.8, 4) is 12.3 Å². The lowest BCUT2D eigenvalue weighted by Gasteiger charge is -1.86. The molecule has 0 heterocycles. The quantitative estimate of drug-likeness (QED) is 0.316. The van der Waals surface area contributed by atoms with Crippen LogP contribution < -0.4 is 5.54 Å². The van der Waals surface area contributed by atoms with Gasteiger partial charge >= 0.3 is 0 Å². The van der Waals surface area contributed by atoms with Gasteiger partial charge in [0.15, 0.2) is 0 Å². The zero-order chi connectivity index (χ0) is 5.54. The van der Waals surface area contributed by atoms with Crippen molar-refractivity contribution in [1.82, 2.24) is 5.54 Å². The topological polar surface area (TPSA) is 12.0 Å². The molecule has 0 rings (SSSR count). The predicted molar refractivity (Wildman–Crippen MR) is 27.2 cm³/mol. The maximum Gasteiger partial charge on any atom is 0.0268 e. The number of terminal acetylenes is 1. The van der Waals surface area contributed by atoms with Gasteiger partial charge in [-0.3, -0.25) is 0 Å². The average Bonchev–Trinajstić information content (AvgIpc) is 1.69. The summed E-state index contributed by atoms with van der Waals surface area (Å²) in [4.78, 5) is 0. The van der Waals surface area contributed by atoms with Gasteiger partial charge in [0.1, 0.15) is 0 Å². The van der Waals surface area contributed by atoms with Crippen LogP contribution in [0.4, 0.5) is 4.48 Å². The standard InChI is InChI=1S/C5H8FN/c1-2-3-4-5-7-6/h1,7H,3-5H2. The molecule has 0 aromatic heterocycles. The van der Waals surface area contributed by atoms with E-state index in [2.05, 4.69) is 5.92 Å². The molecular formula is C5H8FN. The van der Waals surface area contributed by atoms with Crippen LogP contribution in [0.3, 0.4) is 0 Å². The van der Waals surface area contributed by atoms with Gasteiger partial charge in [0.05, 0.1) is 0 Å². The van der Waals surface area contributed by atoms with Crippen LogP contribution in [0.2, 0.25) is 0 Å². The van der Waals surface area contributed by atoms with E-state index in [0.29, 0.717) is 19.4 Å². The fourth-order valence-electron chi connectivity index (χ4n) is 0.257. The summed E-state index contributed by atoms with van der Waals surface area (Å²) in [5.41, 5.74) is 1.51. The highest BCUT2D eigenvalue weighted by Gasteiger charge is 1.78. The third-order valence-electron chi connectivity index (χ3n) is 0.592. The molecule has 0 radical (unpaired) electrons. The van der Waals surface area contributed by atoms with Crippen LogP contribution in [0.5, 0.6) is 0 Å². The monoisotopic (exact) mass is 101 g/mol. The number of hydrogen-bond acceptors (Lipinski definition) is 1. The second-order valence-electron chi connectivity index (χ2n) is 1.19. The SMILES string of the molecule is C#CCCCNF. The van der Waals surface area contributed by atoms with Crippen molar-refractivity contribution in [2.24, 2.45) is 0 Å². The fraction of sp³-hybridized carbons (Fsp3) is 0.600. The minimum atomic E-state index is 0.365. The van der Waals surface area contributed by atoms with E-state index < -0.39 is 0 Å². The molecule has 0 aromatic rings. The van der Waals surface area contributed by atoms with Crippen LogP contribution in [0, 0.1) is 12.3 Å². The molecule has 0 amide bonds. The third kappa shape index (κ3) is 5.45. The molecule has 0 aliphatic rings. The van der Waals surface area contributed by atoms with Crippen LogP contribution in [-0.4, -0.2) is 6.54 Å². The molecule has 0 unspecified atom stereocenters. The van der Waals surface area contributed by atoms with Gasteiger partial charge in [-0.15, -0.1) is 16.8 Å². The summed E-state index contributed by atoms with van der Waals surface area (Å²) in [5, 5.41) is 0. The van der Waals surface area contributed by atoms with E-state index in [1.165, 1.54) is 5.54 Å². The highest BCUT2D eigenvalue weighted by atomic mass is 19.2. The van der Waals surface area contributed by atoms with Crippen molar-refractivity contribution in [2.45, 2.75) is 12.8 Å². The van der Waals surface area contributed by atoms with E-state index in [4.69, 9.17) is 6.42 Å². The smallest absolute Gasteiger partial charge is 0.0268 e. The van der Waals surface area contributed by atoms with E-state index in [-0.39, 0.29) is 0 Å². The lowest BCUT2D eigenvalue weighted by atomic mass is 10.3. The highest BCUT2D eigenvalue weighted by Crippen LogP contribution is 1.80. The zero-order valence-electron chi connectivity index (χ0n) is 4.08. The second kappa shape index (κ2) is 5.45. The van der Waals surface area contributed by atoms with Gasteiger partial charge < -0.3 is 0 Å². The molecular weight excluding hydrogens is 93.1 g/mol. The minimum Gasteiger partial charge on any atom is -0.159 e. The molecule has 1 N–H and O–H groups in total. The van der Waals surface area contributed by atoms with Gasteiger partial charge in [0.2, 0.25) is 0 Å². The first-order chi connectivity index (χ1) is 3.41. The summed E-state index contributed by atoms with van der Waals surface area (Å²) >= 11 is 0. The molecule has 0 aliphatic heterocycles. The molecule has 7 heavy (non-hydrogen) atoms. The van der Waals surface area contributed by atoms with Gasteiger partial charge in [-0.2, -0.15) is 5.54 Å². The summed E-state index contributed by atoms with van der Waals surface area (Å²) in [6.45, 7) is 0.365. The van der Waals surface area contributed by atoms with Gasteiger partial charge in [0, 0.05) is 13.0 Å². The van der Waals surface area contributed by atoms with E-state index in [9.17, 15) is 4.48 Å². The minimum absolute atomic E-state index is 0.365. The molecule has 2 heteroatoms. The molecule has 0 bridgehead atoms. The van der Waals surface area contributed by atoms with E-state index in [1.807, 2.05) is 0 Å². The zero-order valence-corrected chi connectivity index (χ0v) is 4.08. The Labute approximate surface area is 42.8 Å². The molecule has 40 valence electrons. The van der Waals surface area contributed by atoms with E-state index in [0.717, 1.165) is 0 Å². The predicted octanol–water partition coefficient (Wildman–Crippen LogP) is 0.874. The Bertz CT molecular complexity index is 65.0. The Morgan fingerprint density at radius 3 is 2.86 bits per heavy atom. The fourth-order valence-corrected chi connectivity index (χ4v) is 0.257. The Morgan fingerprint density at radius 1 is 1.71 bits per heavy atom. The largest absolute Gasteiger partial charge is 0.159 e. The molecule has 0 aromatic carbocycles. The van der Waals surface area contributed by atoms with Crippen molar-refractivity contribution in [3.05, 3.63) is 0 Å². The molecule has 0 aliphatic carbocycles. The Hall–Kier alpha value is -0.550. The Kier molecular flexibility index (Phi) is 5.02. The molecule has 0 fully saturated rings.